The quantitative estimate of drug-likeness (QED) is 0.577. The Morgan fingerprint density at radius 2 is 1.96 bits per heavy atom. The Balaban J connectivity index is 1.48. The lowest BCUT2D eigenvalue weighted by Gasteiger charge is -2.28. The van der Waals surface area contributed by atoms with E-state index < -0.39 is 0 Å². The molecule has 4 rings (SSSR count). The van der Waals surface area contributed by atoms with Crippen molar-refractivity contribution >= 4 is 11.8 Å². The number of aromatic nitrogens is 2. The van der Waals surface area contributed by atoms with Gasteiger partial charge in [0.1, 0.15) is 11.9 Å². The number of allylic oxidation sites excluding steroid dienone is 1. The molecule has 1 unspecified atom stereocenters. The molecule has 3 atom stereocenters. The molecule has 2 aliphatic heterocycles. The number of hydrogen-bond donors (Lipinski definition) is 4. The van der Waals surface area contributed by atoms with Gasteiger partial charge in [-0.25, -0.2) is 0 Å². The van der Waals surface area contributed by atoms with Crippen LogP contribution in [0, 0.1) is 0 Å². The van der Waals surface area contributed by atoms with Crippen molar-refractivity contribution in [3.63, 3.8) is 0 Å². The Kier molecular flexibility index (Phi) is 4.77. The lowest BCUT2D eigenvalue weighted by Crippen LogP contribution is -2.42. The summed E-state index contributed by atoms with van der Waals surface area (Å²) in [5.74, 6) is 0.610. The van der Waals surface area contributed by atoms with Crippen molar-refractivity contribution in [2.45, 2.75) is 43.9 Å². The third kappa shape index (κ3) is 3.64. The lowest BCUT2D eigenvalue weighted by molar-refractivity contribution is -0.103. The van der Waals surface area contributed by atoms with E-state index in [4.69, 9.17) is 15.9 Å². The smallest absolute Gasteiger partial charge is 0.233 e. The molecule has 1 aromatic carbocycles. The van der Waals surface area contributed by atoms with Crippen molar-refractivity contribution in [3.8, 4) is 22.9 Å². The molecule has 6 N–H and O–H groups in total. The highest BCUT2D eigenvalue weighted by molar-refractivity contribution is 6.07. The third-order valence-corrected chi connectivity index (χ3v) is 5.32. The fourth-order valence-electron chi connectivity index (χ4n) is 3.97. The van der Waals surface area contributed by atoms with Gasteiger partial charge >= 0.3 is 0 Å². The van der Waals surface area contributed by atoms with Crippen molar-refractivity contribution in [2.24, 2.45) is 5.73 Å². The number of phenols is 1. The molecule has 0 amide bonds. The molecular formula is C20H24N5O2+. The Hall–Kier alpha value is -2.93. The number of hydrogen-bond acceptors (Lipinski definition) is 6. The summed E-state index contributed by atoms with van der Waals surface area (Å²) in [6.45, 7) is 0. The number of nitrogens with one attached hydrogen (secondary N) is 1. The van der Waals surface area contributed by atoms with Crippen LogP contribution in [-0.4, -0.2) is 39.7 Å². The summed E-state index contributed by atoms with van der Waals surface area (Å²) >= 11 is 0. The van der Waals surface area contributed by atoms with Crippen molar-refractivity contribution in [2.75, 3.05) is 0 Å². The van der Waals surface area contributed by atoms with E-state index in [-0.39, 0.29) is 11.9 Å². The molecule has 0 spiro atoms. The summed E-state index contributed by atoms with van der Waals surface area (Å²) in [6, 6.07) is 9.94. The van der Waals surface area contributed by atoms with Gasteiger partial charge in [0.15, 0.2) is 6.21 Å². The van der Waals surface area contributed by atoms with Gasteiger partial charge in [-0.2, -0.15) is 0 Å². The average Bonchev–Trinajstić information content (AvgIpc) is 3.02. The molecule has 7 nitrogen and oxygen atoms in total. The Bertz CT molecular complexity index is 853. The first kappa shape index (κ1) is 17.5. The van der Waals surface area contributed by atoms with Crippen LogP contribution in [0.1, 0.15) is 31.2 Å². The van der Waals surface area contributed by atoms with Crippen molar-refractivity contribution in [1.29, 1.82) is 0 Å². The predicted molar refractivity (Wildman–Crippen MR) is 103 cm³/mol. The standard InChI is InChI=1S/C20H23N5O2/c21-10-13(11-22)12-1-4-17(19(26)7-12)18-5-6-20(25-24-18)27-16-8-14-2-3-15(9-16)23-14/h1,4-7,10-11,14-16,21,23,26H,2-3,8-9,22H2/p+1/b13-11+,21-10?/t14-,15+,16?. The minimum absolute atomic E-state index is 0.0894. The van der Waals surface area contributed by atoms with Gasteiger partial charge in [0.2, 0.25) is 5.88 Å². The van der Waals surface area contributed by atoms with Crippen LogP contribution in [0.5, 0.6) is 11.6 Å². The molecule has 7 heteroatoms. The van der Waals surface area contributed by atoms with E-state index in [1.54, 1.807) is 18.2 Å². The van der Waals surface area contributed by atoms with Crippen LogP contribution < -0.4 is 21.2 Å². The van der Waals surface area contributed by atoms with E-state index in [2.05, 4.69) is 15.5 Å². The van der Waals surface area contributed by atoms with Gasteiger partial charge in [-0.15, -0.1) is 10.2 Å². The number of ether oxygens (including phenoxy) is 1. The van der Waals surface area contributed by atoms with E-state index in [0.717, 1.165) is 18.4 Å². The maximum absolute atomic E-state index is 10.4. The van der Waals surface area contributed by atoms with Gasteiger partial charge in [0.05, 0.1) is 11.3 Å². The van der Waals surface area contributed by atoms with Gasteiger partial charge in [0, 0.05) is 29.9 Å². The van der Waals surface area contributed by atoms with E-state index in [0.29, 0.717) is 34.8 Å². The summed E-state index contributed by atoms with van der Waals surface area (Å²) in [5.41, 5.74) is 8.07. The lowest BCUT2D eigenvalue weighted by atomic mass is 10.0. The minimum Gasteiger partial charge on any atom is -0.507 e. The monoisotopic (exact) mass is 366 g/mol. The number of nitrogens with two attached hydrogens (primary N) is 2. The number of rotatable bonds is 5. The summed E-state index contributed by atoms with van der Waals surface area (Å²) in [6.07, 6.45) is 7.46. The number of benzene rings is 1. The van der Waals surface area contributed by atoms with Gasteiger partial charge in [-0.1, -0.05) is 6.07 Å². The Labute approximate surface area is 157 Å². The second-order valence-electron chi connectivity index (χ2n) is 7.13. The molecule has 27 heavy (non-hydrogen) atoms. The molecule has 0 saturated carbocycles. The third-order valence-electron chi connectivity index (χ3n) is 5.32. The number of nitrogens with zero attached hydrogens (tertiary/aromatic N) is 2. The Morgan fingerprint density at radius 1 is 1.19 bits per heavy atom. The molecule has 2 aliphatic rings. The molecule has 2 fully saturated rings. The fourth-order valence-corrected chi connectivity index (χ4v) is 3.97. The number of phenolic OH excluding ortho intramolecular Hbond substituents is 1. The van der Waals surface area contributed by atoms with Crippen molar-refractivity contribution in [3.05, 3.63) is 42.1 Å². The molecule has 0 aliphatic carbocycles. The van der Waals surface area contributed by atoms with Crippen LogP contribution in [0.15, 0.2) is 36.5 Å². The molecule has 140 valence electrons. The Morgan fingerprint density at radius 3 is 2.56 bits per heavy atom. The zero-order valence-electron chi connectivity index (χ0n) is 15.0. The predicted octanol–water partition coefficient (Wildman–Crippen LogP) is 0.641. The van der Waals surface area contributed by atoms with Gasteiger partial charge in [-0.3, -0.25) is 5.41 Å². The highest BCUT2D eigenvalue weighted by Gasteiger charge is 2.34. The summed E-state index contributed by atoms with van der Waals surface area (Å²) in [7, 11) is 0. The molecule has 3 heterocycles. The first-order chi connectivity index (χ1) is 13.2. The summed E-state index contributed by atoms with van der Waals surface area (Å²) in [4.78, 5) is 0. The minimum atomic E-state index is 0.0894. The second-order valence-corrected chi connectivity index (χ2v) is 7.13. The topological polar surface area (TPSA) is 119 Å². The maximum Gasteiger partial charge on any atom is 0.233 e. The van der Waals surface area contributed by atoms with Crippen molar-refractivity contribution < 1.29 is 15.3 Å². The van der Waals surface area contributed by atoms with Crippen molar-refractivity contribution in [1.82, 2.24) is 15.5 Å². The van der Waals surface area contributed by atoms with Crippen LogP contribution in [-0.2, 0) is 0 Å². The zero-order valence-corrected chi connectivity index (χ0v) is 15.0. The molecule has 2 saturated heterocycles. The molecule has 2 bridgehead atoms. The second kappa shape index (κ2) is 7.36. The van der Waals surface area contributed by atoms with E-state index >= 15 is 0 Å². The van der Waals surface area contributed by atoms with E-state index in [1.165, 1.54) is 25.3 Å². The zero-order chi connectivity index (χ0) is 18.8. The van der Waals surface area contributed by atoms with Gasteiger partial charge in [0.25, 0.3) is 0 Å². The SMILES string of the molecule is N/C=C(\C=[NH2+])c1ccc(-c2ccc(OC3C[C@H]4CC[C@@H](C3)N4)nn2)c(O)c1. The molecule has 1 aromatic heterocycles. The molecule has 0 radical (unpaired) electrons. The van der Waals surface area contributed by atoms with Crippen LogP contribution >= 0.6 is 0 Å². The molecule has 2 aromatic rings. The largest absolute Gasteiger partial charge is 0.507 e. The highest BCUT2D eigenvalue weighted by Crippen LogP contribution is 2.32. The average molecular weight is 366 g/mol. The number of piperidine rings is 1. The summed E-state index contributed by atoms with van der Waals surface area (Å²) < 4.78 is 6.02. The van der Waals surface area contributed by atoms with Crippen LogP contribution in [0.25, 0.3) is 16.8 Å². The fraction of sp³-hybridized carbons (Fsp3) is 0.350. The maximum atomic E-state index is 10.4. The van der Waals surface area contributed by atoms with Gasteiger partial charge in [-0.05, 0) is 49.4 Å². The first-order valence-electron chi connectivity index (χ1n) is 9.23. The summed E-state index contributed by atoms with van der Waals surface area (Å²) in [5, 5.41) is 27.9. The van der Waals surface area contributed by atoms with Crippen LogP contribution in [0.3, 0.4) is 0 Å². The first-order valence-corrected chi connectivity index (χ1v) is 9.23. The highest BCUT2D eigenvalue weighted by atomic mass is 16.5. The van der Waals surface area contributed by atoms with Gasteiger partial charge < -0.3 is 20.9 Å². The normalized spacial score (nSPS) is 24.6. The van der Waals surface area contributed by atoms with Crippen LogP contribution in [0.2, 0.25) is 0 Å². The van der Waals surface area contributed by atoms with E-state index in [1.807, 2.05) is 12.1 Å². The number of fused-ring (bicyclic) bond motifs is 2. The van der Waals surface area contributed by atoms with Crippen LogP contribution in [0.4, 0.5) is 0 Å². The van der Waals surface area contributed by atoms with E-state index in [9.17, 15) is 5.11 Å². The number of aromatic hydroxyl groups is 1. The molecular weight excluding hydrogens is 342 g/mol.